The molecule has 0 aliphatic carbocycles. The summed E-state index contributed by atoms with van der Waals surface area (Å²) < 4.78 is 27.1. The van der Waals surface area contributed by atoms with Gasteiger partial charge in [-0.05, 0) is 36.8 Å². The molecule has 140 valence electrons. The number of piperazine rings is 1. The molecule has 0 atom stereocenters. The van der Waals surface area contributed by atoms with Crippen molar-refractivity contribution < 1.29 is 8.42 Å². The van der Waals surface area contributed by atoms with Crippen LogP contribution < -0.4 is 14.5 Å². The first-order valence-corrected chi connectivity index (χ1v) is 9.90. The number of benzene rings is 1. The number of nitrogens with zero attached hydrogens (tertiary/aromatic N) is 5. The lowest BCUT2D eigenvalue weighted by Crippen LogP contribution is -2.46. The fraction of sp³-hybridized carbons (Fsp3) is 0.412. The molecule has 1 saturated heterocycles. The second-order valence-electron chi connectivity index (χ2n) is 6.48. The first-order chi connectivity index (χ1) is 12.3. The van der Waals surface area contributed by atoms with Crippen molar-refractivity contribution in [3.63, 3.8) is 0 Å². The van der Waals surface area contributed by atoms with Gasteiger partial charge in [-0.2, -0.15) is 12.7 Å². The molecular weight excluding hydrogens is 352 g/mol. The molecule has 1 aromatic carbocycles. The lowest BCUT2D eigenvalue weighted by Gasteiger charge is -2.36. The summed E-state index contributed by atoms with van der Waals surface area (Å²) in [6, 6.07) is 11.9. The first kappa shape index (κ1) is 18.4. The average molecular weight is 376 g/mol. The quantitative estimate of drug-likeness (QED) is 0.848. The normalized spacial score (nSPS) is 15.4. The summed E-state index contributed by atoms with van der Waals surface area (Å²) in [7, 11) is -0.657. The van der Waals surface area contributed by atoms with Gasteiger partial charge >= 0.3 is 10.2 Å². The van der Waals surface area contributed by atoms with Gasteiger partial charge in [0.15, 0.2) is 11.6 Å². The predicted molar refractivity (Wildman–Crippen MR) is 104 cm³/mol. The lowest BCUT2D eigenvalue weighted by atomic mass is 10.2. The summed E-state index contributed by atoms with van der Waals surface area (Å²) in [4.78, 5) is 4.51. The van der Waals surface area contributed by atoms with Crippen LogP contribution in [0.1, 0.15) is 5.56 Å². The lowest BCUT2D eigenvalue weighted by molar-refractivity contribution is 0.526. The van der Waals surface area contributed by atoms with Crippen LogP contribution in [0.4, 0.5) is 17.3 Å². The highest BCUT2D eigenvalue weighted by atomic mass is 32.2. The molecule has 1 aromatic heterocycles. The van der Waals surface area contributed by atoms with Crippen LogP contribution in [-0.4, -0.2) is 63.2 Å². The van der Waals surface area contributed by atoms with Crippen LogP contribution >= 0.6 is 0 Å². The average Bonchev–Trinajstić information content (AvgIpc) is 2.62. The molecule has 2 heterocycles. The number of anilines is 3. The smallest absolute Gasteiger partial charge is 0.302 e. The second kappa shape index (κ2) is 7.46. The minimum atomic E-state index is -3.57. The fourth-order valence-corrected chi connectivity index (χ4v) is 3.35. The molecule has 0 amide bonds. The number of aromatic nitrogens is 2. The monoisotopic (exact) mass is 376 g/mol. The number of hydrogen-bond donors (Lipinski definition) is 1. The molecule has 1 N–H and O–H groups in total. The van der Waals surface area contributed by atoms with Gasteiger partial charge in [0.2, 0.25) is 0 Å². The maximum absolute atomic E-state index is 11.8. The number of nitrogens with one attached hydrogen (secondary N) is 1. The highest BCUT2D eigenvalue weighted by Crippen LogP contribution is 2.20. The van der Waals surface area contributed by atoms with E-state index in [-0.39, 0.29) is 5.82 Å². The van der Waals surface area contributed by atoms with Crippen molar-refractivity contribution in [2.45, 2.75) is 6.92 Å². The van der Waals surface area contributed by atoms with Gasteiger partial charge in [-0.3, -0.25) is 4.72 Å². The van der Waals surface area contributed by atoms with Crippen LogP contribution in [0.3, 0.4) is 0 Å². The summed E-state index contributed by atoms with van der Waals surface area (Å²) in [6.45, 7) is 5.58. The van der Waals surface area contributed by atoms with E-state index in [9.17, 15) is 8.42 Å². The molecule has 0 unspecified atom stereocenters. The van der Waals surface area contributed by atoms with Gasteiger partial charge in [0.1, 0.15) is 0 Å². The Morgan fingerprint density at radius 3 is 2.27 bits per heavy atom. The Bertz CT molecular complexity index is 846. The third-order valence-electron chi connectivity index (χ3n) is 4.34. The summed E-state index contributed by atoms with van der Waals surface area (Å²) in [5.41, 5.74) is 2.50. The molecule has 1 fully saturated rings. The second-order valence-corrected chi connectivity index (χ2v) is 8.36. The van der Waals surface area contributed by atoms with Crippen molar-refractivity contribution in [3.05, 3.63) is 42.0 Å². The van der Waals surface area contributed by atoms with E-state index in [1.165, 1.54) is 25.3 Å². The van der Waals surface area contributed by atoms with Gasteiger partial charge in [0, 0.05) is 46.0 Å². The van der Waals surface area contributed by atoms with Crippen LogP contribution in [0.5, 0.6) is 0 Å². The van der Waals surface area contributed by atoms with Crippen molar-refractivity contribution in [1.82, 2.24) is 14.5 Å². The molecule has 3 rings (SSSR count). The van der Waals surface area contributed by atoms with Gasteiger partial charge in [0.25, 0.3) is 0 Å². The van der Waals surface area contributed by atoms with E-state index in [2.05, 4.69) is 55.9 Å². The standard InChI is InChI=1S/C17H24N6O2S/c1-14-5-4-6-15(13-14)22-9-11-23(12-10-22)17-8-7-16(18-19-17)20-26(24,25)21(2)3/h4-8,13H,9-12H2,1-3H3,(H,18,20). The SMILES string of the molecule is Cc1cccc(N2CCN(c3ccc(NS(=O)(=O)N(C)C)nn3)CC2)c1. The van der Waals surface area contributed by atoms with Gasteiger partial charge in [-0.1, -0.05) is 12.1 Å². The maximum Gasteiger partial charge on any atom is 0.302 e. The largest absolute Gasteiger partial charge is 0.368 e. The number of rotatable bonds is 5. The predicted octanol–water partition coefficient (Wildman–Crippen LogP) is 1.33. The zero-order valence-corrected chi connectivity index (χ0v) is 16.1. The maximum atomic E-state index is 11.8. The fourth-order valence-electron chi connectivity index (χ4n) is 2.79. The van der Waals surface area contributed by atoms with E-state index in [4.69, 9.17) is 0 Å². The molecule has 0 bridgehead atoms. The first-order valence-electron chi connectivity index (χ1n) is 8.46. The van der Waals surface area contributed by atoms with Gasteiger partial charge < -0.3 is 9.80 Å². The van der Waals surface area contributed by atoms with Crippen LogP contribution in [-0.2, 0) is 10.2 Å². The minimum Gasteiger partial charge on any atom is -0.368 e. The van der Waals surface area contributed by atoms with Crippen molar-refractivity contribution in [3.8, 4) is 0 Å². The third kappa shape index (κ3) is 4.23. The van der Waals surface area contributed by atoms with Gasteiger partial charge in [-0.15, -0.1) is 10.2 Å². The summed E-state index contributed by atoms with van der Waals surface area (Å²) in [5, 5.41) is 8.16. The third-order valence-corrected chi connectivity index (χ3v) is 5.76. The molecular formula is C17H24N6O2S. The summed E-state index contributed by atoms with van der Waals surface area (Å²) >= 11 is 0. The Morgan fingerprint density at radius 2 is 1.69 bits per heavy atom. The van der Waals surface area contributed by atoms with Crippen LogP contribution in [0.15, 0.2) is 36.4 Å². The topological polar surface area (TPSA) is 81.7 Å². The Kier molecular flexibility index (Phi) is 5.28. The van der Waals surface area contributed by atoms with E-state index in [0.717, 1.165) is 36.3 Å². The molecule has 9 heteroatoms. The van der Waals surface area contributed by atoms with E-state index in [1.807, 2.05) is 0 Å². The van der Waals surface area contributed by atoms with Crippen LogP contribution in [0, 0.1) is 6.92 Å². The Labute approximate surface area is 154 Å². The van der Waals surface area contributed by atoms with E-state index >= 15 is 0 Å². The van der Waals surface area contributed by atoms with E-state index in [0.29, 0.717) is 0 Å². The van der Waals surface area contributed by atoms with Crippen molar-refractivity contribution in [2.24, 2.45) is 0 Å². The highest BCUT2D eigenvalue weighted by Gasteiger charge is 2.19. The molecule has 1 aliphatic heterocycles. The van der Waals surface area contributed by atoms with Crippen molar-refractivity contribution in [2.75, 3.05) is 54.8 Å². The van der Waals surface area contributed by atoms with Gasteiger partial charge in [0.05, 0.1) is 0 Å². The molecule has 2 aromatic rings. The van der Waals surface area contributed by atoms with Crippen molar-refractivity contribution in [1.29, 1.82) is 0 Å². The minimum absolute atomic E-state index is 0.209. The number of hydrogen-bond acceptors (Lipinski definition) is 6. The zero-order valence-electron chi connectivity index (χ0n) is 15.3. The van der Waals surface area contributed by atoms with Crippen LogP contribution in [0.2, 0.25) is 0 Å². The molecule has 0 spiro atoms. The molecule has 26 heavy (non-hydrogen) atoms. The number of aryl methyl sites for hydroxylation is 1. The Balaban J connectivity index is 1.61. The highest BCUT2D eigenvalue weighted by molar-refractivity contribution is 7.90. The zero-order chi connectivity index (χ0) is 18.7. The molecule has 1 aliphatic rings. The van der Waals surface area contributed by atoms with Crippen LogP contribution in [0.25, 0.3) is 0 Å². The van der Waals surface area contributed by atoms with Crippen molar-refractivity contribution >= 4 is 27.5 Å². The Hall–Kier alpha value is -2.39. The van der Waals surface area contributed by atoms with Gasteiger partial charge in [-0.25, -0.2) is 0 Å². The summed E-state index contributed by atoms with van der Waals surface area (Å²) in [6.07, 6.45) is 0. The Morgan fingerprint density at radius 1 is 1.00 bits per heavy atom. The summed E-state index contributed by atoms with van der Waals surface area (Å²) in [5.74, 6) is 0.961. The van der Waals surface area contributed by atoms with E-state index < -0.39 is 10.2 Å². The van der Waals surface area contributed by atoms with E-state index in [1.54, 1.807) is 12.1 Å². The molecule has 0 saturated carbocycles. The molecule has 0 radical (unpaired) electrons. The molecule has 8 nitrogen and oxygen atoms in total.